The van der Waals surface area contributed by atoms with Gasteiger partial charge in [0.05, 0.1) is 11.9 Å². The molecule has 0 aliphatic heterocycles. The Bertz CT molecular complexity index is 1050. The summed E-state index contributed by atoms with van der Waals surface area (Å²) in [6.45, 7) is 0.412. The summed E-state index contributed by atoms with van der Waals surface area (Å²) in [5.74, 6) is -0.779. The minimum atomic E-state index is -0.530. The van der Waals surface area contributed by atoms with Gasteiger partial charge in [-0.3, -0.25) is 9.59 Å². The minimum Gasteiger partial charge on any atom is -0.488 e. The molecule has 0 aromatic heterocycles. The predicted molar refractivity (Wildman–Crippen MR) is 117 cm³/mol. The lowest BCUT2D eigenvalue weighted by Crippen LogP contribution is -2.21. The quantitative estimate of drug-likeness (QED) is 0.401. The molecule has 0 spiro atoms. The fraction of sp³-hybridized carbons (Fsp3) is 0.125. The van der Waals surface area contributed by atoms with Crippen LogP contribution in [0, 0.1) is 5.82 Å². The van der Waals surface area contributed by atoms with Crippen molar-refractivity contribution in [3.8, 4) is 5.75 Å². The van der Waals surface area contributed by atoms with Crippen molar-refractivity contribution < 1.29 is 18.7 Å². The molecule has 6 nitrogen and oxygen atoms in total. The molecule has 2 N–H and O–H groups in total. The van der Waals surface area contributed by atoms with E-state index in [9.17, 15) is 14.0 Å². The van der Waals surface area contributed by atoms with Gasteiger partial charge in [-0.05, 0) is 29.8 Å². The van der Waals surface area contributed by atoms with Crippen LogP contribution in [-0.2, 0) is 16.2 Å². The molecule has 0 radical (unpaired) electrons. The van der Waals surface area contributed by atoms with E-state index in [0.717, 1.165) is 5.56 Å². The van der Waals surface area contributed by atoms with Gasteiger partial charge in [0, 0.05) is 18.4 Å². The topological polar surface area (TPSA) is 79.8 Å². The molecule has 0 saturated heterocycles. The molecule has 3 aromatic carbocycles. The molecular weight excluding hydrogens is 397 g/mol. The highest BCUT2D eigenvalue weighted by Crippen LogP contribution is 2.17. The summed E-state index contributed by atoms with van der Waals surface area (Å²) in [5, 5.41) is 6.37. The Labute approximate surface area is 179 Å². The summed E-state index contributed by atoms with van der Waals surface area (Å²) in [4.78, 5) is 23.8. The molecule has 3 aromatic rings. The van der Waals surface area contributed by atoms with Gasteiger partial charge in [-0.15, -0.1) is 0 Å². The number of benzene rings is 3. The van der Waals surface area contributed by atoms with E-state index in [4.69, 9.17) is 4.74 Å². The van der Waals surface area contributed by atoms with Crippen LogP contribution in [0.1, 0.15) is 24.0 Å². The first-order chi connectivity index (χ1) is 15.1. The van der Waals surface area contributed by atoms with Crippen LogP contribution >= 0.6 is 0 Å². The van der Waals surface area contributed by atoms with E-state index >= 15 is 0 Å². The van der Waals surface area contributed by atoms with Crippen LogP contribution in [0.5, 0.6) is 5.75 Å². The van der Waals surface area contributed by atoms with Crippen molar-refractivity contribution in [2.45, 2.75) is 19.4 Å². The number of hydrogen-bond acceptors (Lipinski definition) is 4. The lowest BCUT2D eigenvalue weighted by Gasteiger charge is -2.09. The zero-order valence-electron chi connectivity index (χ0n) is 16.8. The highest BCUT2D eigenvalue weighted by atomic mass is 19.1. The molecule has 0 saturated carbocycles. The molecule has 31 heavy (non-hydrogen) atoms. The molecule has 158 valence electrons. The van der Waals surface area contributed by atoms with Crippen molar-refractivity contribution in [1.82, 2.24) is 5.43 Å². The summed E-state index contributed by atoms with van der Waals surface area (Å²) in [7, 11) is 0. The monoisotopic (exact) mass is 419 g/mol. The average molecular weight is 419 g/mol. The maximum Gasteiger partial charge on any atom is 0.240 e. The molecule has 7 heteroatoms. The number of halogens is 1. The van der Waals surface area contributed by atoms with E-state index < -0.39 is 17.6 Å². The van der Waals surface area contributed by atoms with Crippen molar-refractivity contribution in [2.75, 3.05) is 5.32 Å². The molecule has 2 amide bonds. The second-order valence-corrected chi connectivity index (χ2v) is 6.63. The number of hydrogen-bond donors (Lipinski definition) is 2. The molecular formula is C24H22FN3O3. The number of anilines is 1. The second-order valence-electron chi connectivity index (χ2n) is 6.63. The fourth-order valence-corrected chi connectivity index (χ4v) is 2.69. The standard InChI is InChI=1S/C24H22FN3O3/c25-20-11-5-6-12-21(20)27-23(29)14-15-24(30)28-26-16-19-10-4-7-13-22(19)31-17-18-8-2-1-3-9-18/h1-13,16H,14-15,17H2,(H,27,29)(H,28,30). The SMILES string of the molecule is O=C(CCC(=O)Nc1ccccc1F)NN=Cc1ccccc1OCc1ccccc1. The molecule has 0 unspecified atom stereocenters. The summed E-state index contributed by atoms with van der Waals surface area (Å²) < 4.78 is 19.4. The zero-order valence-corrected chi connectivity index (χ0v) is 16.8. The number of carbonyl (C=O) groups excluding carboxylic acids is 2. The number of amides is 2. The number of hydrazone groups is 1. The summed E-state index contributed by atoms with van der Waals surface area (Å²) in [6, 6.07) is 22.9. The van der Waals surface area contributed by atoms with E-state index in [1.54, 1.807) is 6.07 Å². The van der Waals surface area contributed by atoms with Crippen molar-refractivity contribution in [2.24, 2.45) is 5.10 Å². The number of para-hydroxylation sites is 2. The van der Waals surface area contributed by atoms with E-state index in [1.807, 2.05) is 54.6 Å². The van der Waals surface area contributed by atoms with Crippen molar-refractivity contribution >= 4 is 23.7 Å². The highest BCUT2D eigenvalue weighted by Gasteiger charge is 2.09. The van der Waals surface area contributed by atoms with E-state index in [1.165, 1.54) is 24.4 Å². The van der Waals surface area contributed by atoms with Crippen LogP contribution in [0.15, 0.2) is 84.0 Å². The van der Waals surface area contributed by atoms with Gasteiger partial charge in [0.1, 0.15) is 18.2 Å². The van der Waals surface area contributed by atoms with Gasteiger partial charge in [0.2, 0.25) is 11.8 Å². The molecule has 3 rings (SSSR count). The molecule has 0 bridgehead atoms. The molecule has 0 fully saturated rings. The van der Waals surface area contributed by atoms with E-state index in [2.05, 4.69) is 15.8 Å². The highest BCUT2D eigenvalue weighted by molar-refractivity contribution is 5.93. The van der Waals surface area contributed by atoms with Crippen molar-refractivity contribution in [3.63, 3.8) is 0 Å². The van der Waals surface area contributed by atoms with Crippen LogP contribution in [0.4, 0.5) is 10.1 Å². The Morgan fingerprint density at radius 1 is 0.871 bits per heavy atom. The van der Waals surface area contributed by atoms with Crippen LogP contribution in [0.3, 0.4) is 0 Å². The van der Waals surface area contributed by atoms with E-state index in [0.29, 0.717) is 17.9 Å². The molecule has 0 aliphatic carbocycles. The van der Waals surface area contributed by atoms with Gasteiger partial charge in [0.25, 0.3) is 0 Å². The lowest BCUT2D eigenvalue weighted by molar-refractivity contribution is -0.124. The molecule has 0 atom stereocenters. The zero-order chi connectivity index (χ0) is 21.9. The van der Waals surface area contributed by atoms with Gasteiger partial charge >= 0.3 is 0 Å². The number of nitrogens with zero attached hydrogens (tertiary/aromatic N) is 1. The molecule has 0 aliphatic rings. The van der Waals surface area contributed by atoms with Crippen LogP contribution in [0.2, 0.25) is 0 Å². The largest absolute Gasteiger partial charge is 0.488 e. The third kappa shape index (κ3) is 7.08. The second kappa shape index (κ2) is 11.3. The van der Waals surface area contributed by atoms with Crippen LogP contribution < -0.4 is 15.5 Å². The van der Waals surface area contributed by atoms with Crippen LogP contribution in [-0.4, -0.2) is 18.0 Å². The Balaban J connectivity index is 1.46. The van der Waals surface area contributed by atoms with Gasteiger partial charge in [-0.1, -0.05) is 54.6 Å². The van der Waals surface area contributed by atoms with Crippen LogP contribution in [0.25, 0.3) is 0 Å². The number of rotatable bonds is 9. The maximum absolute atomic E-state index is 13.5. The van der Waals surface area contributed by atoms with Gasteiger partial charge in [-0.25, -0.2) is 9.82 Å². The smallest absolute Gasteiger partial charge is 0.240 e. The van der Waals surface area contributed by atoms with E-state index in [-0.39, 0.29) is 18.5 Å². The first-order valence-electron chi connectivity index (χ1n) is 9.74. The average Bonchev–Trinajstić information content (AvgIpc) is 2.79. The Morgan fingerprint density at radius 2 is 1.55 bits per heavy atom. The third-order valence-electron chi connectivity index (χ3n) is 4.28. The fourth-order valence-electron chi connectivity index (χ4n) is 2.69. The Kier molecular flexibility index (Phi) is 7.88. The first-order valence-corrected chi connectivity index (χ1v) is 9.74. The minimum absolute atomic E-state index is 0.0796. The van der Waals surface area contributed by atoms with Crippen molar-refractivity contribution in [3.05, 3.63) is 95.8 Å². The third-order valence-corrected chi connectivity index (χ3v) is 4.28. The maximum atomic E-state index is 13.5. The molecule has 0 heterocycles. The lowest BCUT2D eigenvalue weighted by atomic mass is 10.2. The number of nitrogens with one attached hydrogen (secondary N) is 2. The summed E-state index contributed by atoms with van der Waals surface area (Å²) in [5.41, 5.74) is 4.21. The van der Waals surface area contributed by atoms with Gasteiger partial charge < -0.3 is 10.1 Å². The van der Waals surface area contributed by atoms with Gasteiger partial charge in [-0.2, -0.15) is 5.10 Å². The summed E-state index contributed by atoms with van der Waals surface area (Å²) in [6.07, 6.45) is 1.31. The van der Waals surface area contributed by atoms with Crippen molar-refractivity contribution in [1.29, 1.82) is 0 Å². The predicted octanol–water partition coefficient (Wildman–Crippen LogP) is 4.27. The van der Waals surface area contributed by atoms with Gasteiger partial charge in [0.15, 0.2) is 0 Å². The first kappa shape index (κ1) is 21.7. The Hall–Kier alpha value is -4.00. The number of ether oxygens (including phenoxy) is 1. The normalized spacial score (nSPS) is 10.6. The summed E-state index contributed by atoms with van der Waals surface area (Å²) >= 11 is 0. The Morgan fingerprint density at radius 3 is 2.35 bits per heavy atom. The number of carbonyl (C=O) groups is 2.